The second kappa shape index (κ2) is 12.6. The van der Waals surface area contributed by atoms with Crippen LogP contribution in [0.4, 0.5) is 26.4 Å². The van der Waals surface area contributed by atoms with Crippen molar-refractivity contribution in [2.75, 3.05) is 37.8 Å². The Labute approximate surface area is 268 Å². The highest BCUT2D eigenvalue weighted by atomic mass is 35.5. The van der Waals surface area contributed by atoms with Crippen molar-refractivity contribution in [3.05, 3.63) is 85.9 Å². The van der Waals surface area contributed by atoms with Gasteiger partial charge in [-0.05, 0) is 74.2 Å². The molecule has 10 nitrogen and oxygen atoms in total. The first-order chi connectivity index (χ1) is 21.6. The summed E-state index contributed by atoms with van der Waals surface area (Å²) in [5.74, 6) is -0.705. The van der Waals surface area contributed by atoms with Crippen LogP contribution in [0.1, 0.15) is 34.9 Å². The number of nitrogens with one attached hydrogen (secondary N) is 2. The van der Waals surface area contributed by atoms with Gasteiger partial charge >= 0.3 is 6.09 Å². The van der Waals surface area contributed by atoms with Crippen molar-refractivity contribution >= 4 is 52.1 Å². The van der Waals surface area contributed by atoms with Crippen LogP contribution in [0.15, 0.2) is 53.5 Å². The fourth-order valence-electron chi connectivity index (χ4n) is 5.64. The van der Waals surface area contributed by atoms with Crippen molar-refractivity contribution in [2.45, 2.75) is 31.7 Å². The minimum Gasteiger partial charge on any atom is -0.399 e. The number of halogens is 2. The van der Waals surface area contributed by atoms with Gasteiger partial charge in [-0.15, -0.1) is 11.3 Å². The van der Waals surface area contributed by atoms with E-state index in [1.807, 2.05) is 30.1 Å². The van der Waals surface area contributed by atoms with Gasteiger partial charge in [-0.2, -0.15) is 0 Å². The highest BCUT2D eigenvalue weighted by Crippen LogP contribution is 2.37. The van der Waals surface area contributed by atoms with Gasteiger partial charge < -0.3 is 19.5 Å². The van der Waals surface area contributed by atoms with E-state index < -0.39 is 17.5 Å². The maximum atomic E-state index is 14.9. The lowest BCUT2D eigenvalue weighted by atomic mass is 10.00. The number of hydrogen-bond donors (Lipinski definition) is 2. The van der Waals surface area contributed by atoms with Gasteiger partial charge in [-0.1, -0.05) is 23.7 Å². The van der Waals surface area contributed by atoms with Gasteiger partial charge in [0.1, 0.15) is 11.9 Å². The quantitative estimate of drug-likeness (QED) is 0.264. The molecule has 4 aromatic rings. The topological polar surface area (TPSA) is 109 Å². The second-order valence-electron chi connectivity index (χ2n) is 11.3. The lowest BCUT2D eigenvalue weighted by Gasteiger charge is -2.37. The van der Waals surface area contributed by atoms with Crippen LogP contribution in [-0.4, -0.2) is 58.5 Å². The van der Waals surface area contributed by atoms with E-state index in [2.05, 4.69) is 15.6 Å². The summed E-state index contributed by atoms with van der Waals surface area (Å²) < 4.78 is 21.7. The van der Waals surface area contributed by atoms with Crippen LogP contribution >= 0.6 is 22.9 Å². The molecule has 1 fully saturated rings. The first-order valence-electron chi connectivity index (χ1n) is 14.6. The van der Waals surface area contributed by atoms with Crippen LogP contribution in [0.25, 0.3) is 11.3 Å². The fraction of sp³-hybridized carbons (Fsp3) is 0.312. The van der Waals surface area contributed by atoms with E-state index in [-0.39, 0.29) is 34.2 Å². The molecule has 2 amide bonds. The van der Waals surface area contributed by atoms with Crippen molar-refractivity contribution < 1.29 is 18.7 Å². The lowest BCUT2D eigenvalue weighted by molar-refractivity contribution is -0.139. The number of carbonyl (C=O) groups excluding carboxylic acids is 2. The number of likely N-dealkylation sites (N-methyl/N-ethyl adjacent to an activating group) is 2. The predicted octanol–water partition coefficient (Wildman–Crippen LogP) is 5.98. The SMILES string of the molecule is CN1CCN(C)C(c2ccc(Nc3nc(-c4ccc(F)c(NC(=O)Oc5cc6c(s5)CCCC6)c4Cl)cn(C)c3=O)cc2)C1=O. The third-order valence-electron chi connectivity index (χ3n) is 8.16. The van der Waals surface area contributed by atoms with Gasteiger partial charge in [0.05, 0.1) is 16.4 Å². The average Bonchev–Trinajstić information content (AvgIpc) is 3.42. The summed E-state index contributed by atoms with van der Waals surface area (Å²) in [6.45, 7) is 1.44. The summed E-state index contributed by atoms with van der Waals surface area (Å²) in [4.78, 5) is 47.9. The first-order valence-corrected chi connectivity index (χ1v) is 15.8. The number of ether oxygens (including phenoxy) is 1. The molecule has 2 N–H and O–H groups in total. The molecule has 0 saturated carbocycles. The van der Waals surface area contributed by atoms with Gasteiger partial charge in [-0.25, -0.2) is 14.2 Å². The summed E-state index contributed by atoms with van der Waals surface area (Å²) >= 11 is 8.04. The molecule has 234 valence electrons. The van der Waals surface area contributed by atoms with Gasteiger partial charge in [0.2, 0.25) is 5.91 Å². The number of aromatic nitrogens is 2. The second-order valence-corrected chi connectivity index (χ2v) is 12.8. The van der Waals surface area contributed by atoms with E-state index >= 15 is 0 Å². The minimum atomic E-state index is -0.862. The molecule has 45 heavy (non-hydrogen) atoms. The number of fused-ring (bicyclic) bond motifs is 1. The highest BCUT2D eigenvalue weighted by molar-refractivity contribution is 7.14. The Kier molecular flexibility index (Phi) is 8.63. The zero-order valence-corrected chi connectivity index (χ0v) is 26.6. The number of anilines is 3. The highest BCUT2D eigenvalue weighted by Gasteiger charge is 2.32. The molecule has 1 aliphatic heterocycles. The summed E-state index contributed by atoms with van der Waals surface area (Å²) in [5, 5.41) is 5.84. The molecule has 2 aromatic carbocycles. The Balaban J connectivity index is 1.22. The molecular formula is C32H32ClFN6O4S. The molecule has 3 heterocycles. The Morgan fingerprint density at radius 2 is 1.82 bits per heavy atom. The first kappa shape index (κ1) is 30.8. The summed E-state index contributed by atoms with van der Waals surface area (Å²) in [6, 6.07) is 11.3. The van der Waals surface area contributed by atoms with Crippen molar-refractivity contribution in [2.24, 2.45) is 7.05 Å². The standard InChI is InChI=1S/C32H32ClFN6O4S/c1-38-14-15-39(2)30(41)28(38)18-8-10-20(11-9-18)35-29-31(42)40(3)17-23(36-29)21-12-13-22(34)27(26(21)33)37-32(43)44-25-16-19-6-4-5-7-24(19)45-25/h8-13,16-17,28H,4-7,14-15H2,1-3H3,(H,35,36)(H,37,43). The molecule has 0 bridgehead atoms. The van der Waals surface area contributed by atoms with E-state index in [1.165, 1.54) is 44.7 Å². The predicted molar refractivity (Wildman–Crippen MR) is 173 cm³/mol. The number of carbonyl (C=O) groups is 2. The van der Waals surface area contributed by atoms with Gasteiger partial charge in [0.15, 0.2) is 10.9 Å². The van der Waals surface area contributed by atoms with Crippen LogP contribution in [0.2, 0.25) is 5.02 Å². The number of piperazine rings is 1. The van der Waals surface area contributed by atoms with E-state index in [1.54, 1.807) is 31.1 Å². The number of thiophene rings is 1. The lowest BCUT2D eigenvalue weighted by Crippen LogP contribution is -2.48. The molecule has 13 heteroatoms. The van der Waals surface area contributed by atoms with Crippen molar-refractivity contribution in [1.82, 2.24) is 19.4 Å². The molecule has 2 aromatic heterocycles. The van der Waals surface area contributed by atoms with Crippen molar-refractivity contribution in [1.29, 1.82) is 0 Å². The van der Waals surface area contributed by atoms with Gasteiger partial charge in [-0.3, -0.25) is 19.8 Å². The molecule has 0 radical (unpaired) electrons. The van der Waals surface area contributed by atoms with Crippen molar-refractivity contribution in [3.8, 4) is 16.3 Å². The number of benzene rings is 2. The minimum absolute atomic E-state index is 0.0179. The third kappa shape index (κ3) is 6.31. The average molecular weight is 651 g/mol. The van der Waals surface area contributed by atoms with E-state index in [0.717, 1.165) is 37.8 Å². The summed E-state index contributed by atoms with van der Waals surface area (Å²) in [6.07, 6.45) is 4.73. The largest absolute Gasteiger partial charge is 0.418 e. The monoisotopic (exact) mass is 650 g/mol. The van der Waals surface area contributed by atoms with Crippen LogP contribution in [0.3, 0.4) is 0 Å². The van der Waals surface area contributed by atoms with Crippen LogP contribution < -0.4 is 20.9 Å². The van der Waals surface area contributed by atoms with Crippen LogP contribution in [0.5, 0.6) is 5.06 Å². The molecule has 1 unspecified atom stereocenters. The molecular weight excluding hydrogens is 619 g/mol. The van der Waals surface area contributed by atoms with Gasteiger partial charge in [0, 0.05) is 49.5 Å². The fourth-order valence-corrected chi connectivity index (χ4v) is 7.04. The van der Waals surface area contributed by atoms with E-state index in [0.29, 0.717) is 22.9 Å². The maximum absolute atomic E-state index is 14.9. The molecule has 6 rings (SSSR count). The zero-order valence-electron chi connectivity index (χ0n) is 25.0. The number of aryl methyl sites for hydroxylation is 3. The Morgan fingerprint density at radius 1 is 1.07 bits per heavy atom. The van der Waals surface area contributed by atoms with E-state index in [4.69, 9.17) is 16.3 Å². The van der Waals surface area contributed by atoms with Crippen molar-refractivity contribution in [3.63, 3.8) is 0 Å². The number of rotatable bonds is 6. The normalized spacial score (nSPS) is 16.8. The maximum Gasteiger partial charge on any atom is 0.418 e. The van der Waals surface area contributed by atoms with E-state index in [9.17, 15) is 18.8 Å². The summed E-state index contributed by atoms with van der Waals surface area (Å²) in [7, 11) is 5.28. The molecule has 0 spiro atoms. The molecule has 1 atom stereocenters. The Hall–Kier alpha value is -4.26. The molecule has 1 saturated heterocycles. The summed E-state index contributed by atoms with van der Waals surface area (Å²) in [5.41, 5.74) is 2.54. The zero-order chi connectivity index (χ0) is 31.8. The Bertz CT molecular complexity index is 1820. The third-order valence-corrected chi connectivity index (χ3v) is 9.67. The number of nitrogens with zero attached hydrogens (tertiary/aromatic N) is 4. The van der Waals surface area contributed by atoms with Crippen LogP contribution in [-0.2, 0) is 24.7 Å². The Morgan fingerprint density at radius 3 is 2.58 bits per heavy atom. The molecule has 2 aliphatic rings. The van der Waals surface area contributed by atoms with Crippen LogP contribution in [0, 0.1) is 5.82 Å². The number of amides is 2. The smallest absolute Gasteiger partial charge is 0.399 e. The van der Waals surface area contributed by atoms with Gasteiger partial charge in [0.25, 0.3) is 5.56 Å². The molecule has 1 aliphatic carbocycles. The number of hydrogen-bond acceptors (Lipinski definition) is 8.